The third-order valence-corrected chi connectivity index (χ3v) is 3.28. The average molecular weight is 275 g/mol. The molecule has 0 spiro atoms. The summed E-state index contributed by atoms with van der Waals surface area (Å²) in [6.45, 7) is 5.43. The van der Waals surface area contributed by atoms with E-state index in [1.165, 1.54) is 5.56 Å². The van der Waals surface area contributed by atoms with Gasteiger partial charge >= 0.3 is 0 Å². The van der Waals surface area contributed by atoms with Crippen LogP contribution in [0.15, 0.2) is 24.3 Å². The summed E-state index contributed by atoms with van der Waals surface area (Å²) in [5.41, 5.74) is 2.83. The van der Waals surface area contributed by atoms with E-state index < -0.39 is 0 Å². The molecule has 0 saturated heterocycles. The summed E-state index contributed by atoms with van der Waals surface area (Å²) >= 11 is 0. The number of unbranched alkanes of at least 4 members (excludes halogenated alkanes) is 1. The van der Waals surface area contributed by atoms with Gasteiger partial charge in [-0.25, -0.2) is 4.68 Å². The molecule has 1 aromatic carbocycles. The molecule has 20 heavy (non-hydrogen) atoms. The summed E-state index contributed by atoms with van der Waals surface area (Å²) in [5, 5.41) is 17.0. The molecule has 0 amide bonds. The number of rotatable bonds is 7. The van der Waals surface area contributed by atoms with Gasteiger partial charge in [-0.05, 0) is 38.8 Å². The molecule has 0 aliphatic heterocycles. The maximum Gasteiger partial charge on any atom is 0.119 e. The third kappa shape index (κ3) is 3.81. The van der Waals surface area contributed by atoms with Crippen LogP contribution in [0.3, 0.4) is 0 Å². The van der Waals surface area contributed by atoms with Crippen LogP contribution in [0.5, 0.6) is 5.75 Å². The molecule has 1 heterocycles. The fourth-order valence-electron chi connectivity index (χ4n) is 1.94. The number of aliphatic hydroxyl groups is 1. The molecule has 0 saturated carbocycles. The minimum Gasteiger partial charge on any atom is -0.494 e. The van der Waals surface area contributed by atoms with Crippen LogP contribution < -0.4 is 4.74 Å². The number of ether oxygens (including phenoxy) is 1. The summed E-state index contributed by atoms with van der Waals surface area (Å²) in [6, 6.07) is 8.07. The predicted octanol–water partition coefficient (Wildman–Crippen LogP) is 2.25. The first kappa shape index (κ1) is 14.5. The van der Waals surface area contributed by atoms with Crippen molar-refractivity contribution in [3.05, 3.63) is 41.2 Å². The molecule has 0 radical (unpaired) electrons. The van der Waals surface area contributed by atoms with Gasteiger partial charge in [-0.3, -0.25) is 0 Å². The number of aliphatic hydroxyl groups excluding tert-OH is 1. The molecular weight excluding hydrogens is 254 g/mol. The van der Waals surface area contributed by atoms with E-state index in [1.807, 2.05) is 35.9 Å². The van der Waals surface area contributed by atoms with Crippen LogP contribution in [0.25, 0.3) is 0 Å². The van der Waals surface area contributed by atoms with Crippen molar-refractivity contribution < 1.29 is 9.84 Å². The van der Waals surface area contributed by atoms with Crippen LogP contribution in [0.2, 0.25) is 0 Å². The van der Waals surface area contributed by atoms with E-state index in [0.29, 0.717) is 12.3 Å². The average Bonchev–Trinajstić information content (AvgIpc) is 2.81. The van der Waals surface area contributed by atoms with E-state index in [9.17, 15) is 0 Å². The van der Waals surface area contributed by atoms with Crippen molar-refractivity contribution in [1.29, 1.82) is 0 Å². The molecule has 0 aliphatic carbocycles. The minimum atomic E-state index is -0.0532. The van der Waals surface area contributed by atoms with Crippen LogP contribution in [0, 0.1) is 13.8 Å². The van der Waals surface area contributed by atoms with Crippen LogP contribution in [-0.4, -0.2) is 26.7 Å². The zero-order valence-electron chi connectivity index (χ0n) is 12.0. The largest absolute Gasteiger partial charge is 0.494 e. The van der Waals surface area contributed by atoms with Crippen molar-refractivity contribution in [2.45, 2.75) is 39.8 Å². The molecule has 0 aliphatic rings. The first-order valence-electron chi connectivity index (χ1n) is 6.90. The van der Waals surface area contributed by atoms with Crippen molar-refractivity contribution in [2.75, 3.05) is 6.61 Å². The summed E-state index contributed by atoms with van der Waals surface area (Å²) in [7, 11) is 0. The smallest absolute Gasteiger partial charge is 0.119 e. The van der Waals surface area contributed by atoms with E-state index in [-0.39, 0.29) is 6.61 Å². The fraction of sp³-hybridized carbons (Fsp3) is 0.467. The fourth-order valence-corrected chi connectivity index (χ4v) is 1.94. The second-order valence-electron chi connectivity index (χ2n) is 4.87. The van der Waals surface area contributed by atoms with Crippen molar-refractivity contribution in [1.82, 2.24) is 15.0 Å². The monoisotopic (exact) mass is 275 g/mol. The molecule has 5 heteroatoms. The zero-order valence-corrected chi connectivity index (χ0v) is 12.0. The highest BCUT2D eigenvalue weighted by Crippen LogP contribution is 2.12. The van der Waals surface area contributed by atoms with Gasteiger partial charge in [-0.1, -0.05) is 22.9 Å². The van der Waals surface area contributed by atoms with Crippen LogP contribution in [-0.2, 0) is 13.2 Å². The lowest BCUT2D eigenvalue weighted by atomic mass is 10.2. The van der Waals surface area contributed by atoms with Gasteiger partial charge in [0.2, 0.25) is 0 Å². The number of nitrogens with zero attached hydrogens (tertiary/aromatic N) is 3. The number of aromatic nitrogens is 3. The van der Waals surface area contributed by atoms with E-state index >= 15 is 0 Å². The minimum absolute atomic E-state index is 0.0532. The molecule has 1 N–H and O–H groups in total. The van der Waals surface area contributed by atoms with Gasteiger partial charge < -0.3 is 9.84 Å². The summed E-state index contributed by atoms with van der Waals surface area (Å²) in [5.74, 6) is 0.912. The quantitative estimate of drug-likeness (QED) is 0.787. The van der Waals surface area contributed by atoms with E-state index in [4.69, 9.17) is 9.84 Å². The summed E-state index contributed by atoms with van der Waals surface area (Å²) < 4.78 is 7.50. The maximum absolute atomic E-state index is 9.05. The highest BCUT2D eigenvalue weighted by Gasteiger charge is 2.06. The first-order chi connectivity index (χ1) is 9.70. The Hall–Kier alpha value is -1.88. The van der Waals surface area contributed by atoms with Crippen molar-refractivity contribution in [3.63, 3.8) is 0 Å². The van der Waals surface area contributed by atoms with Gasteiger partial charge in [-0.2, -0.15) is 0 Å². The Morgan fingerprint density at radius 1 is 1.15 bits per heavy atom. The van der Waals surface area contributed by atoms with Crippen molar-refractivity contribution >= 4 is 0 Å². The lowest BCUT2D eigenvalue weighted by Gasteiger charge is -2.07. The summed E-state index contributed by atoms with van der Waals surface area (Å²) in [4.78, 5) is 0. The van der Waals surface area contributed by atoms with E-state index in [0.717, 1.165) is 30.8 Å². The Morgan fingerprint density at radius 3 is 2.55 bits per heavy atom. The summed E-state index contributed by atoms with van der Waals surface area (Å²) in [6.07, 6.45) is 1.93. The Labute approximate surface area is 119 Å². The van der Waals surface area contributed by atoms with E-state index in [1.54, 1.807) is 0 Å². The van der Waals surface area contributed by atoms with Crippen molar-refractivity contribution in [2.24, 2.45) is 0 Å². The Kier molecular flexibility index (Phi) is 5.12. The Balaban J connectivity index is 1.68. The highest BCUT2D eigenvalue weighted by molar-refractivity contribution is 5.26. The van der Waals surface area contributed by atoms with Gasteiger partial charge in [0.1, 0.15) is 11.4 Å². The topological polar surface area (TPSA) is 60.2 Å². The molecule has 2 aromatic rings. The molecule has 2 rings (SSSR count). The van der Waals surface area contributed by atoms with Crippen LogP contribution >= 0.6 is 0 Å². The van der Waals surface area contributed by atoms with E-state index in [2.05, 4.69) is 17.2 Å². The highest BCUT2D eigenvalue weighted by atomic mass is 16.5. The Morgan fingerprint density at radius 2 is 1.90 bits per heavy atom. The molecule has 0 bridgehead atoms. The molecule has 108 valence electrons. The predicted molar refractivity (Wildman–Crippen MR) is 76.6 cm³/mol. The van der Waals surface area contributed by atoms with Crippen LogP contribution in [0.4, 0.5) is 0 Å². The van der Waals surface area contributed by atoms with Gasteiger partial charge in [0, 0.05) is 6.54 Å². The lowest BCUT2D eigenvalue weighted by Crippen LogP contribution is -2.05. The maximum atomic E-state index is 9.05. The lowest BCUT2D eigenvalue weighted by molar-refractivity contribution is 0.275. The second-order valence-corrected chi connectivity index (χ2v) is 4.87. The second kappa shape index (κ2) is 7.05. The SMILES string of the molecule is Cc1ccc(OCCCCn2nnc(CO)c2C)cc1. The normalized spacial score (nSPS) is 10.8. The van der Waals surface area contributed by atoms with Gasteiger partial charge in [0.25, 0.3) is 0 Å². The number of hydrogen-bond acceptors (Lipinski definition) is 4. The molecule has 0 fully saturated rings. The molecule has 5 nitrogen and oxygen atoms in total. The molecular formula is C15H21N3O2. The number of hydrogen-bond donors (Lipinski definition) is 1. The first-order valence-corrected chi connectivity index (χ1v) is 6.90. The van der Waals surface area contributed by atoms with Crippen molar-refractivity contribution in [3.8, 4) is 5.75 Å². The molecule has 0 atom stereocenters. The molecule has 0 unspecified atom stereocenters. The van der Waals surface area contributed by atoms with Crippen LogP contribution in [0.1, 0.15) is 29.8 Å². The standard InChI is InChI=1S/C15H21N3O2/c1-12-5-7-14(8-6-12)20-10-4-3-9-18-13(2)15(11-19)16-17-18/h5-8,19H,3-4,9-11H2,1-2H3. The van der Waals surface area contributed by atoms with Gasteiger partial charge in [0.05, 0.1) is 18.9 Å². The zero-order chi connectivity index (χ0) is 14.4. The third-order valence-electron chi connectivity index (χ3n) is 3.28. The number of benzene rings is 1. The number of aryl methyl sites for hydroxylation is 2. The molecule has 1 aromatic heterocycles. The van der Waals surface area contributed by atoms with Gasteiger partial charge in [-0.15, -0.1) is 5.10 Å². The van der Waals surface area contributed by atoms with Gasteiger partial charge in [0.15, 0.2) is 0 Å². The Bertz CT molecular complexity index is 535.